The Bertz CT molecular complexity index is 997. The first-order valence-corrected chi connectivity index (χ1v) is 8.34. The molecule has 6 nitrogen and oxygen atoms in total. The van der Waals surface area contributed by atoms with Gasteiger partial charge in [-0.25, -0.2) is 14.4 Å². The summed E-state index contributed by atoms with van der Waals surface area (Å²) in [6, 6.07) is 9.21. The minimum absolute atomic E-state index is 0.173. The number of pyridine rings is 1. The van der Waals surface area contributed by atoms with Crippen LogP contribution in [0, 0.1) is 11.7 Å². The molecule has 134 valence electrons. The van der Waals surface area contributed by atoms with Gasteiger partial charge in [0.2, 0.25) is 0 Å². The van der Waals surface area contributed by atoms with Crippen LogP contribution < -0.4 is 10.9 Å². The average molecular weight is 354 g/mol. The topological polar surface area (TPSA) is 76.9 Å². The Morgan fingerprint density at radius 2 is 1.96 bits per heavy atom. The van der Waals surface area contributed by atoms with Crippen LogP contribution in [-0.2, 0) is 13.1 Å². The molecule has 3 rings (SSSR count). The Labute approximate surface area is 149 Å². The predicted octanol–water partition coefficient (Wildman–Crippen LogP) is 2.52. The van der Waals surface area contributed by atoms with E-state index in [-0.39, 0.29) is 24.0 Å². The third kappa shape index (κ3) is 3.77. The van der Waals surface area contributed by atoms with Crippen molar-refractivity contribution >= 4 is 17.1 Å². The molecule has 0 aliphatic heterocycles. The summed E-state index contributed by atoms with van der Waals surface area (Å²) in [6.45, 7) is 4.58. The highest BCUT2D eigenvalue weighted by atomic mass is 19.1. The van der Waals surface area contributed by atoms with Gasteiger partial charge in [0.25, 0.3) is 11.5 Å². The second kappa shape index (κ2) is 7.43. The van der Waals surface area contributed by atoms with Crippen molar-refractivity contribution in [2.45, 2.75) is 26.9 Å². The predicted molar refractivity (Wildman–Crippen MR) is 96.2 cm³/mol. The van der Waals surface area contributed by atoms with Gasteiger partial charge < -0.3 is 5.32 Å². The van der Waals surface area contributed by atoms with Gasteiger partial charge in [-0.3, -0.25) is 14.2 Å². The van der Waals surface area contributed by atoms with E-state index in [0.717, 1.165) is 5.56 Å². The van der Waals surface area contributed by atoms with Gasteiger partial charge in [0.15, 0.2) is 11.3 Å². The van der Waals surface area contributed by atoms with Crippen LogP contribution in [0.2, 0.25) is 0 Å². The second-order valence-electron chi connectivity index (χ2n) is 6.43. The van der Waals surface area contributed by atoms with E-state index in [1.54, 1.807) is 30.5 Å². The lowest BCUT2D eigenvalue weighted by atomic mass is 10.2. The first-order valence-electron chi connectivity index (χ1n) is 8.34. The van der Waals surface area contributed by atoms with Crippen LogP contribution in [0.15, 0.2) is 47.4 Å². The van der Waals surface area contributed by atoms with Crippen molar-refractivity contribution in [3.8, 4) is 0 Å². The molecular formula is C19H19FN4O2. The monoisotopic (exact) mass is 354 g/mol. The number of hydrogen-bond donors (Lipinski definition) is 1. The van der Waals surface area contributed by atoms with E-state index in [1.807, 2.05) is 13.8 Å². The number of rotatable bonds is 5. The van der Waals surface area contributed by atoms with Crippen molar-refractivity contribution < 1.29 is 9.18 Å². The summed E-state index contributed by atoms with van der Waals surface area (Å²) in [5.74, 6) is -0.710. The largest absolute Gasteiger partial charge is 0.346 e. The van der Waals surface area contributed by atoms with Crippen LogP contribution in [0.25, 0.3) is 11.2 Å². The van der Waals surface area contributed by atoms with E-state index in [0.29, 0.717) is 17.7 Å². The Kier molecular flexibility index (Phi) is 5.06. The summed E-state index contributed by atoms with van der Waals surface area (Å²) in [6.07, 6.45) is 1.59. The van der Waals surface area contributed by atoms with Gasteiger partial charge in [0.1, 0.15) is 11.3 Å². The molecule has 1 amide bonds. The Balaban J connectivity index is 1.93. The van der Waals surface area contributed by atoms with E-state index in [9.17, 15) is 14.0 Å². The first kappa shape index (κ1) is 17.7. The molecule has 0 radical (unpaired) electrons. The summed E-state index contributed by atoms with van der Waals surface area (Å²) >= 11 is 0. The summed E-state index contributed by atoms with van der Waals surface area (Å²) < 4.78 is 14.4. The molecule has 0 fully saturated rings. The molecule has 0 saturated heterocycles. The smallest absolute Gasteiger partial charge is 0.283 e. The van der Waals surface area contributed by atoms with Crippen molar-refractivity contribution in [2.75, 3.05) is 0 Å². The van der Waals surface area contributed by atoms with Gasteiger partial charge in [0, 0.05) is 19.3 Å². The summed E-state index contributed by atoms with van der Waals surface area (Å²) in [5, 5.41) is 2.66. The average Bonchev–Trinajstić information content (AvgIpc) is 2.63. The molecule has 7 heteroatoms. The molecule has 2 aromatic heterocycles. The van der Waals surface area contributed by atoms with Crippen molar-refractivity contribution in [1.29, 1.82) is 0 Å². The number of benzene rings is 1. The van der Waals surface area contributed by atoms with E-state index < -0.39 is 11.5 Å². The van der Waals surface area contributed by atoms with Crippen molar-refractivity contribution in [3.05, 3.63) is 70.0 Å². The third-order valence-corrected chi connectivity index (χ3v) is 3.83. The maximum atomic E-state index is 13.0. The van der Waals surface area contributed by atoms with Crippen LogP contribution >= 0.6 is 0 Å². The number of aromatic nitrogens is 3. The molecule has 0 atom stereocenters. The molecule has 0 bridgehead atoms. The summed E-state index contributed by atoms with van der Waals surface area (Å²) in [5.41, 5.74) is 1.03. The van der Waals surface area contributed by atoms with Crippen molar-refractivity contribution in [2.24, 2.45) is 5.92 Å². The standard InChI is InChI=1S/C19H19FN4O2/c1-12(2)11-24-17-15(4-3-9-21-17)23-16(19(24)26)18(25)22-10-13-5-7-14(20)8-6-13/h3-9,12H,10-11H2,1-2H3,(H,22,25). The SMILES string of the molecule is CC(C)Cn1c(=O)c(C(=O)NCc2ccc(F)cc2)nc2cccnc21. The quantitative estimate of drug-likeness (QED) is 0.764. The maximum Gasteiger partial charge on any atom is 0.283 e. The number of carbonyl (C=O) groups excluding carboxylic acids is 1. The highest BCUT2D eigenvalue weighted by molar-refractivity contribution is 5.93. The Hall–Kier alpha value is -3.09. The Morgan fingerprint density at radius 3 is 2.65 bits per heavy atom. The van der Waals surface area contributed by atoms with Crippen LogP contribution in [-0.4, -0.2) is 20.4 Å². The zero-order valence-corrected chi connectivity index (χ0v) is 14.6. The zero-order valence-electron chi connectivity index (χ0n) is 14.6. The number of halogens is 1. The minimum Gasteiger partial charge on any atom is -0.346 e. The van der Waals surface area contributed by atoms with Crippen LogP contribution in [0.4, 0.5) is 4.39 Å². The van der Waals surface area contributed by atoms with Crippen LogP contribution in [0.1, 0.15) is 29.9 Å². The molecule has 0 aliphatic carbocycles. The lowest BCUT2D eigenvalue weighted by Crippen LogP contribution is -2.35. The summed E-state index contributed by atoms with van der Waals surface area (Å²) in [7, 11) is 0. The van der Waals surface area contributed by atoms with Gasteiger partial charge >= 0.3 is 0 Å². The number of hydrogen-bond acceptors (Lipinski definition) is 4. The van der Waals surface area contributed by atoms with Gasteiger partial charge in [0.05, 0.1) is 0 Å². The van der Waals surface area contributed by atoms with E-state index in [2.05, 4.69) is 15.3 Å². The first-order chi connectivity index (χ1) is 12.5. The number of carbonyl (C=O) groups is 1. The van der Waals surface area contributed by atoms with E-state index in [4.69, 9.17) is 0 Å². The molecule has 2 heterocycles. The lowest BCUT2D eigenvalue weighted by Gasteiger charge is -2.13. The number of fused-ring (bicyclic) bond motifs is 1. The Morgan fingerprint density at radius 1 is 1.23 bits per heavy atom. The molecule has 1 N–H and O–H groups in total. The van der Waals surface area contributed by atoms with E-state index >= 15 is 0 Å². The molecule has 0 unspecified atom stereocenters. The highest BCUT2D eigenvalue weighted by Gasteiger charge is 2.18. The van der Waals surface area contributed by atoms with Gasteiger partial charge in [-0.15, -0.1) is 0 Å². The minimum atomic E-state index is -0.567. The number of amides is 1. The fourth-order valence-electron chi connectivity index (χ4n) is 2.63. The molecule has 26 heavy (non-hydrogen) atoms. The molecule has 3 aromatic rings. The van der Waals surface area contributed by atoms with Crippen LogP contribution in [0.3, 0.4) is 0 Å². The van der Waals surface area contributed by atoms with Gasteiger partial charge in [-0.1, -0.05) is 26.0 Å². The zero-order chi connectivity index (χ0) is 18.7. The third-order valence-electron chi connectivity index (χ3n) is 3.83. The fourth-order valence-corrected chi connectivity index (χ4v) is 2.63. The van der Waals surface area contributed by atoms with Crippen molar-refractivity contribution in [1.82, 2.24) is 19.9 Å². The molecule has 1 aromatic carbocycles. The normalized spacial score (nSPS) is 11.1. The second-order valence-corrected chi connectivity index (χ2v) is 6.43. The summed E-state index contributed by atoms with van der Waals surface area (Å²) in [4.78, 5) is 33.7. The maximum absolute atomic E-state index is 13.0. The van der Waals surface area contributed by atoms with E-state index in [1.165, 1.54) is 16.7 Å². The highest BCUT2D eigenvalue weighted by Crippen LogP contribution is 2.09. The van der Waals surface area contributed by atoms with Crippen molar-refractivity contribution in [3.63, 3.8) is 0 Å². The molecule has 0 saturated carbocycles. The number of nitrogens with zero attached hydrogens (tertiary/aromatic N) is 3. The van der Waals surface area contributed by atoms with Gasteiger partial charge in [-0.05, 0) is 35.7 Å². The fraction of sp³-hybridized carbons (Fsp3) is 0.263. The van der Waals surface area contributed by atoms with Gasteiger partial charge in [-0.2, -0.15) is 0 Å². The molecular weight excluding hydrogens is 335 g/mol. The lowest BCUT2D eigenvalue weighted by molar-refractivity contribution is 0.0944. The molecule has 0 spiro atoms. The molecule has 0 aliphatic rings. The van der Waals surface area contributed by atoms with Crippen LogP contribution in [0.5, 0.6) is 0 Å². The number of nitrogens with one attached hydrogen (secondary N) is 1.